The van der Waals surface area contributed by atoms with Gasteiger partial charge < -0.3 is 24.6 Å². The maximum atomic E-state index is 12.9. The Morgan fingerprint density at radius 1 is 0.930 bits per heavy atom. The average molecular weight is 594 g/mol. The number of aliphatic hydroxyl groups excluding tert-OH is 1. The average Bonchev–Trinajstić information content (AvgIpc) is 3.07. The van der Waals surface area contributed by atoms with Crippen molar-refractivity contribution in [3.05, 3.63) is 126 Å². The van der Waals surface area contributed by atoms with E-state index >= 15 is 0 Å². The number of carbonyl (C=O) groups is 1. The number of aliphatic hydroxyl groups is 1. The van der Waals surface area contributed by atoms with Gasteiger partial charge in [-0.2, -0.15) is 0 Å². The number of hydrogen-bond donors (Lipinski definition) is 2. The summed E-state index contributed by atoms with van der Waals surface area (Å²) in [7, 11) is 1.67. The highest BCUT2D eigenvalue weighted by Gasteiger charge is 2.32. The van der Waals surface area contributed by atoms with Crippen LogP contribution in [0, 0.1) is 0 Å². The summed E-state index contributed by atoms with van der Waals surface area (Å²) in [5.41, 5.74) is 4.98. The zero-order chi connectivity index (χ0) is 29.6. The quantitative estimate of drug-likeness (QED) is 0.182. The molecule has 0 bridgehead atoms. The first-order valence-corrected chi connectivity index (χ1v) is 15.0. The summed E-state index contributed by atoms with van der Waals surface area (Å²) in [6.07, 6.45) is 1.27. The maximum absolute atomic E-state index is 12.9. The number of ether oxygens (including phenoxy) is 3. The first-order valence-electron chi connectivity index (χ1n) is 14.0. The second-order valence-electron chi connectivity index (χ2n) is 10.1. The largest absolute Gasteiger partial charge is 0.496 e. The number of carbonyl (C=O) groups excluding carboxylic acids is 1. The summed E-state index contributed by atoms with van der Waals surface area (Å²) in [5, 5.41) is 12.4. The van der Waals surface area contributed by atoms with Crippen LogP contribution in [0.3, 0.4) is 0 Å². The van der Waals surface area contributed by atoms with E-state index < -0.39 is 6.29 Å². The molecule has 3 atom stereocenters. The normalized spacial score (nSPS) is 18.3. The van der Waals surface area contributed by atoms with Gasteiger partial charge in [0.05, 0.1) is 43.2 Å². The van der Waals surface area contributed by atoms with Crippen LogP contribution in [0.2, 0.25) is 0 Å². The minimum absolute atomic E-state index is 0.00790. The number of hydrogen-bond acceptors (Lipinski definition) is 8. The molecule has 0 saturated carbocycles. The van der Waals surface area contributed by atoms with E-state index in [4.69, 9.17) is 14.2 Å². The third kappa shape index (κ3) is 6.87. The molecule has 0 aliphatic carbocycles. The van der Waals surface area contributed by atoms with Crippen LogP contribution < -0.4 is 10.1 Å². The Morgan fingerprint density at radius 3 is 2.42 bits per heavy atom. The van der Waals surface area contributed by atoms with E-state index in [1.807, 2.05) is 97.1 Å². The summed E-state index contributed by atoms with van der Waals surface area (Å²) in [6.45, 7) is -0.00790. The number of rotatable bonds is 9. The number of anilines is 1. The van der Waals surface area contributed by atoms with Crippen molar-refractivity contribution in [2.45, 2.75) is 36.4 Å². The first kappa shape index (κ1) is 28.8. The molecule has 218 valence electrons. The molecule has 1 aliphatic rings. The van der Waals surface area contributed by atoms with Crippen LogP contribution in [0.25, 0.3) is 11.0 Å². The molecule has 1 fully saturated rings. The van der Waals surface area contributed by atoms with Gasteiger partial charge in [-0.15, -0.1) is 11.8 Å². The van der Waals surface area contributed by atoms with Gasteiger partial charge in [0.15, 0.2) is 6.29 Å². The number of nitrogens with zero attached hydrogens (tertiary/aromatic N) is 2. The lowest BCUT2D eigenvalue weighted by Crippen LogP contribution is -2.31. The fourth-order valence-electron chi connectivity index (χ4n) is 4.93. The van der Waals surface area contributed by atoms with E-state index in [9.17, 15) is 9.90 Å². The van der Waals surface area contributed by atoms with Crippen LogP contribution in [0.15, 0.2) is 108 Å². The smallest absolute Gasteiger partial charge is 0.275 e. The summed E-state index contributed by atoms with van der Waals surface area (Å²) in [4.78, 5) is 22.7. The molecule has 2 heterocycles. The lowest BCUT2D eigenvalue weighted by molar-refractivity contribution is -0.245. The number of methoxy groups -OCH3 is 1. The first-order chi connectivity index (χ1) is 21.1. The van der Waals surface area contributed by atoms with Gasteiger partial charge in [-0.1, -0.05) is 60.7 Å². The molecule has 0 radical (unpaired) electrons. The fourth-order valence-corrected chi connectivity index (χ4v) is 5.98. The minimum atomic E-state index is -0.601. The Hall–Kier alpha value is -4.28. The molecule has 0 spiro atoms. The molecular formula is C34H31N3O5S. The number of benzene rings is 4. The Bertz CT molecular complexity index is 1700. The van der Waals surface area contributed by atoms with Crippen molar-refractivity contribution in [3.63, 3.8) is 0 Å². The molecule has 4 aromatic carbocycles. The van der Waals surface area contributed by atoms with E-state index in [-0.39, 0.29) is 30.4 Å². The predicted molar refractivity (Wildman–Crippen MR) is 166 cm³/mol. The Balaban J connectivity index is 1.18. The minimum Gasteiger partial charge on any atom is -0.496 e. The van der Waals surface area contributed by atoms with E-state index in [2.05, 4.69) is 15.3 Å². The summed E-state index contributed by atoms with van der Waals surface area (Å²) >= 11 is 1.69. The predicted octanol–water partition coefficient (Wildman–Crippen LogP) is 6.72. The highest BCUT2D eigenvalue weighted by molar-refractivity contribution is 7.99. The van der Waals surface area contributed by atoms with Crippen molar-refractivity contribution in [3.8, 4) is 5.75 Å². The monoisotopic (exact) mass is 593 g/mol. The van der Waals surface area contributed by atoms with Gasteiger partial charge in [-0.25, -0.2) is 4.98 Å². The van der Waals surface area contributed by atoms with Crippen LogP contribution >= 0.6 is 11.8 Å². The number of nitrogens with one attached hydrogen (secondary N) is 1. The van der Waals surface area contributed by atoms with Gasteiger partial charge in [0.25, 0.3) is 5.91 Å². The lowest BCUT2D eigenvalue weighted by Gasteiger charge is -2.36. The number of para-hydroxylation sites is 3. The van der Waals surface area contributed by atoms with Crippen LogP contribution in [0.4, 0.5) is 5.69 Å². The number of thioether (sulfide) groups is 1. The zero-order valence-corrected chi connectivity index (χ0v) is 24.4. The Kier molecular flexibility index (Phi) is 8.95. The molecular weight excluding hydrogens is 562 g/mol. The van der Waals surface area contributed by atoms with Gasteiger partial charge in [0.1, 0.15) is 11.4 Å². The molecule has 1 saturated heterocycles. The molecule has 1 aromatic heterocycles. The fraction of sp³-hybridized carbons (Fsp3) is 0.206. The highest BCUT2D eigenvalue weighted by atomic mass is 32.2. The van der Waals surface area contributed by atoms with Gasteiger partial charge in [-0.05, 0) is 47.5 Å². The second-order valence-corrected chi connectivity index (χ2v) is 11.2. The number of amides is 1. The second kappa shape index (κ2) is 13.4. The maximum Gasteiger partial charge on any atom is 0.275 e. The highest BCUT2D eigenvalue weighted by Crippen LogP contribution is 2.40. The van der Waals surface area contributed by atoms with Crippen molar-refractivity contribution in [2.24, 2.45) is 0 Å². The van der Waals surface area contributed by atoms with Crippen LogP contribution in [0.5, 0.6) is 5.75 Å². The standard InChI is InChI=1S/C34H31N3O5S/c1-40-30-8-4-5-9-32(30)43-21-26-18-31(23-12-10-22(20-38)11-13-23)42-34(41-26)24-14-16-25(17-15-24)36-33(39)29-19-35-27-6-2-3-7-28(27)37-29/h2-17,19,26,31,34,38H,18,20-21H2,1H3,(H,36,39)/t26-,31+,34+/m0/s1. The SMILES string of the molecule is COc1ccccc1SC[C@@H]1C[C@H](c2ccc(CO)cc2)O[C@H](c2ccc(NC(=O)c3cnc4ccccc4n3)cc2)O1. The Morgan fingerprint density at radius 2 is 1.65 bits per heavy atom. The molecule has 1 aliphatic heterocycles. The van der Waals surface area contributed by atoms with Gasteiger partial charge in [0.2, 0.25) is 0 Å². The van der Waals surface area contributed by atoms with E-state index in [0.717, 1.165) is 32.9 Å². The van der Waals surface area contributed by atoms with Crippen molar-refractivity contribution >= 4 is 34.4 Å². The molecule has 43 heavy (non-hydrogen) atoms. The molecule has 0 unspecified atom stereocenters. The van der Waals surface area contributed by atoms with E-state index in [0.29, 0.717) is 23.4 Å². The zero-order valence-electron chi connectivity index (χ0n) is 23.6. The van der Waals surface area contributed by atoms with E-state index in [1.165, 1.54) is 6.20 Å². The lowest BCUT2D eigenvalue weighted by atomic mass is 10.0. The van der Waals surface area contributed by atoms with Gasteiger partial charge in [0, 0.05) is 28.3 Å². The third-order valence-electron chi connectivity index (χ3n) is 7.23. The summed E-state index contributed by atoms with van der Waals surface area (Å²) in [5.74, 6) is 1.21. The number of fused-ring (bicyclic) bond motifs is 1. The van der Waals surface area contributed by atoms with Crippen molar-refractivity contribution in [2.75, 3.05) is 18.2 Å². The van der Waals surface area contributed by atoms with Crippen LogP contribution in [0.1, 0.15) is 46.0 Å². The molecule has 9 heteroatoms. The van der Waals surface area contributed by atoms with Crippen LogP contribution in [-0.2, 0) is 16.1 Å². The molecule has 1 amide bonds. The van der Waals surface area contributed by atoms with E-state index in [1.54, 1.807) is 18.9 Å². The molecule has 6 rings (SSSR count). The van der Waals surface area contributed by atoms with Crippen molar-refractivity contribution < 1.29 is 24.1 Å². The summed E-state index contributed by atoms with van der Waals surface area (Å²) < 4.78 is 18.5. The topological polar surface area (TPSA) is 103 Å². The molecule has 5 aromatic rings. The van der Waals surface area contributed by atoms with Gasteiger partial charge in [-0.3, -0.25) is 9.78 Å². The molecule has 2 N–H and O–H groups in total. The molecule has 8 nitrogen and oxygen atoms in total. The van der Waals surface area contributed by atoms with Crippen molar-refractivity contribution in [1.29, 1.82) is 0 Å². The van der Waals surface area contributed by atoms with Crippen LogP contribution in [-0.4, -0.2) is 39.9 Å². The third-order valence-corrected chi connectivity index (χ3v) is 8.42. The van der Waals surface area contributed by atoms with Crippen molar-refractivity contribution in [1.82, 2.24) is 9.97 Å². The number of aromatic nitrogens is 2. The Labute approximate surface area is 254 Å². The van der Waals surface area contributed by atoms with Gasteiger partial charge >= 0.3 is 0 Å². The summed E-state index contributed by atoms with van der Waals surface area (Å²) in [6, 6.07) is 30.7.